The smallest absolute Gasteiger partial charge is 0.311 e. The van der Waals surface area contributed by atoms with E-state index in [4.69, 9.17) is 0 Å². The molecule has 0 spiro atoms. The van der Waals surface area contributed by atoms with Crippen molar-refractivity contribution in [3.8, 4) is 0 Å². The summed E-state index contributed by atoms with van der Waals surface area (Å²) in [6.07, 6.45) is 4.52. The van der Waals surface area contributed by atoms with E-state index < -0.39 is 21.6 Å². The molecule has 6 nitrogen and oxygen atoms in total. The molecule has 0 amide bonds. The van der Waals surface area contributed by atoms with Crippen molar-refractivity contribution in [2.45, 2.75) is 58.4 Å². The molecule has 0 aromatic heterocycles. The monoisotopic (exact) mass is 318 g/mol. The number of rotatable bonds is 5. The van der Waals surface area contributed by atoms with Crippen LogP contribution in [0.1, 0.15) is 52.4 Å². The average molecular weight is 318 g/mol. The Kier molecular flexibility index (Phi) is 4.95. The minimum Gasteiger partial charge on any atom is -0.481 e. The first kappa shape index (κ1) is 16.7. The standard InChI is InChI=1S/C14H26N2O4S/c1-3-7-14(13(17)18)8-10-15(11-14)21(19,20)16-9-5-4-6-12(16)2/h12H,3-11H2,1-2H3,(H,17,18). The number of hydrogen-bond donors (Lipinski definition) is 1. The van der Waals surface area contributed by atoms with Crippen molar-refractivity contribution in [2.75, 3.05) is 19.6 Å². The highest BCUT2D eigenvalue weighted by molar-refractivity contribution is 7.86. The van der Waals surface area contributed by atoms with Gasteiger partial charge in [0.25, 0.3) is 10.2 Å². The molecule has 2 atom stereocenters. The van der Waals surface area contributed by atoms with Crippen molar-refractivity contribution in [3.05, 3.63) is 0 Å². The van der Waals surface area contributed by atoms with E-state index in [-0.39, 0.29) is 12.6 Å². The summed E-state index contributed by atoms with van der Waals surface area (Å²) in [6.45, 7) is 4.85. The molecule has 0 bridgehead atoms. The zero-order valence-corrected chi connectivity index (χ0v) is 13.7. The van der Waals surface area contributed by atoms with E-state index in [9.17, 15) is 18.3 Å². The normalized spacial score (nSPS) is 32.4. The summed E-state index contributed by atoms with van der Waals surface area (Å²) in [4.78, 5) is 11.6. The number of hydrogen-bond acceptors (Lipinski definition) is 3. The van der Waals surface area contributed by atoms with Crippen molar-refractivity contribution in [2.24, 2.45) is 5.41 Å². The molecule has 2 heterocycles. The zero-order chi connectivity index (χ0) is 15.7. The first-order valence-corrected chi connectivity index (χ1v) is 9.23. The van der Waals surface area contributed by atoms with Crippen LogP contribution in [0, 0.1) is 5.41 Å². The van der Waals surface area contributed by atoms with Crippen molar-refractivity contribution < 1.29 is 18.3 Å². The fourth-order valence-corrected chi connectivity index (χ4v) is 5.51. The van der Waals surface area contributed by atoms with Crippen LogP contribution >= 0.6 is 0 Å². The summed E-state index contributed by atoms with van der Waals surface area (Å²) in [5, 5.41) is 9.51. The predicted octanol–water partition coefficient (Wildman–Crippen LogP) is 1.68. The van der Waals surface area contributed by atoms with Gasteiger partial charge in [-0.05, 0) is 32.6 Å². The van der Waals surface area contributed by atoms with Gasteiger partial charge >= 0.3 is 5.97 Å². The Morgan fingerprint density at radius 2 is 2.05 bits per heavy atom. The predicted molar refractivity (Wildman–Crippen MR) is 80.1 cm³/mol. The molecule has 0 aromatic rings. The summed E-state index contributed by atoms with van der Waals surface area (Å²) >= 11 is 0. The van der Waals surface area contributed by atoms with E-state index in [1.54, 1.807) is 4.31 Å². The van der Waals surface area contributed by atoms with Crippen LogP contribution < -0.4 is 0 Å². The van der Waals surface area contributed by atoms with Crippen LogP contribution in [-0.2, 0) is 15.0 Å². The van der Waals surface area contributed by atoms with Gasteiger partial charge in [0.05, 0.1) is 5.41 Å². The molecule has 0 saturated carbocycles. The second-order valence-corrected chi connectivity index (χ2v) is 8.26. The van der Waals surface area contributed by atoms with Gasteiger partial charge in [-0.3, -0.25) is 4.79 Å². The molecule has 2 aliphatic heterocycles. The minimum absolute atomic E-state index is 0.00903. The molecular weight excluding hydrogens is 292 g/mol. The molecular formula is C14H26N2O4S. The Hall–Kier alpha value is -0.660. The first-order valence-electron chi connectivity index (χ1n) is 7.84. The molecule has 2 aliphatic rings. The number of nitrogens with zero attached hydrogens (tertiary/aromatic N) is 2. The molecule has 2 saturated heterocycles. The maximum atomic E-state index is 12.8. The minimum atomic E-state index is -3.53. The van der Waals surface area contributed by atoms with Gasteiger partial charge in [0.15, 0.2) is 0 Å². The first-order chi connectivity index (χ1) is 9.83. The fraction of sp³-hybridized carbons (Fsp3) is 0.929. The van der Waals surface area contributed by atoms with Crippen molar-refractivity contribution in [1.29, 1.82) is 0 Å². The molecule has 1 N–H and O–H groups in total. The van der Waals surface area contributed by atoms with Crippen molar-refractivity contribution in [3.63, 3.8) is 0 Å². The van der Waals surface area contributed by atoms with Crippen LogP contribution in [-0.4, -0.2) is 53.8 Å². The third-order valence-electron chi connectivity index (χ3n) is 4.87. The van der Waals surface area contributed by atoms with Crippen LogP contribution in [0.25, 0.3) is 0 Å². The third kappa shape index (κ3) is 3.10. The van der Waals surface area contributed by atoms with E-state index in [1.165, 1.54) is 4.31 Å². The maximum absolute atomic E-state index is 12.8. The molecule has 0 aromatic carbocycles. The number of carboxylic acid groups (broad SMARTS) is 1. The Bertz CT molecular complexity index is 493. The molecule has 122 valence electrons. The quantitative estimate of drug-likeness (QED) is 0.836. The molecule has 0 radical (unpaired) electrons. The lowest BCUT2D eigenvalue weighted by Crippen LogP contribution is -2.49. The molecule has 21 heavy (non-hydrogen) atoms. The highest BCUT2D eigenvalue weighted by Crippen LogP contribution is 2.38. The molecule has 2 unspecified atom stereocenters. The van der Waals surface area contributed by atoms with Crippen LogP contribution in [0.15, 0.2) is 0 Å². The van der Waals surface area contributed by atoms with Crippen LogP contribution in [0.2, 0.25) is 0 Å². The highest BCUT2D eigenvalue weighted by atomic mass is 32.2. The fourth-order valence-electron chi connectivity index (χ4n) is 3.56. The van der Waals surface area contributed by atoms with Gasteiger partial charge in [0.1, 0.15) is 0 Å². The number of aliphatic carboxylic acids is 1. The van der Waals surface area contributed by atoms with E-state index >= 15 is 0 Å². The van der Waals surface area contributed by atoms with Crippen LogP contribution in [0.4, 0.5) is 0 Å². The lowest BCUT2D eigenvalue weighted by atomic mass is 9.83. The van der Waals surface area contributed by atoms with Crippen molar-refractivity contribution >= 4 is 16.2 Å². The zero-order valence-electron chi connectivity index (χ0n) is 12.9. The molecule has 7 heteroatoms. The Labute approximate surface area is 127 Å². The van der Waals surface area contributed by atoms with Crippen molar-refractivity contribution in [1.82, 2.24) is 8.61 Å². The van der Waals surface area contributed by atoms with Gasteiger partial charge in [-0.2, -0.15) is 17.0 Å². The third-order valence-corrected chi connectivity index (χ3v) is 6.97. The molecule has 2 rings (SSSR count). The second kappa shape index (κ2) is 6.22. The van der Waals surface area contributed by atoms with Gasteiger partial charge in [-0.1, -0.05) is 19.8 Å². The second-order valence-electron chi connectivity index (χ2n) is 6.38. The molecule has 0 aliphatic carbocycles. The molecule has 2 fully saturated rings. The summed E-state index contributed by atoms with van der Waals surface area (Å²) in [5.74, 6) is -0.867. The van der Waals surface area contributed by atoms with Gasteiger partial charge < -0.3 is 5.11 Å². The lowest BCUT2D eigenvalue weighted by Gasteiger charge is -2.35. The summed E-state index contributed by atoms with van der Waals surface area (Å²) < 4.78 is 28.5. The maximum Gasteiger partial charge on any atom is 0.311 e. The highest BCUT2D eigenvalue weighted by Gasteiger charge is 2.49. The number of piperidine rings is 1. The van der Waals surface area contributed by atoms with Gasteiger partial charge in [0.2, 0.25) is 0 Å². The topological polar surface area (TPSA) is 77.9 Å². The van der Waals surface area contributed by atoms with E-state index in [2.05, 4.69) is 0 Å². The Morgan fingerprint density at radius 3 is 2.62 bits per heavy atom. The Morgan fingerprint density at radius 1 is 1.33 bits per heavy atom. The summed E-state index contributed by atoms with van der Waals surface area (Å²) in [5.41, 5.74) is -0.902. The van der Waals surface area contributed by atoms with Gasteiger partial charge in [0, 0.05) is 25.7 Å². The van der Waals surface area contributed by atoms with E-state index in [0.29, 0.717) is 25.9 Å². The van der Waals surface area contributed by atoms with Gasteiger partial charge in [-0.15, -0.1) is 0 Å². The van der Waals surface area contributed by atoms with Crippen LogP contribution in [0.5, 0.6) is 0 Å². The number of carbonyl (C=O) groups is 1. The SMILES string of the molecule is CCCC1(C(=O)O)CCN(S(=O)(=O)N2CCCCC2C)C1. The average Bonchev–Trinajstić information content (AvgIpc) is 2.86. The Balaban J connectivity index is 2.17. The number of carboxylic acids is 1. The van der Waals surface area contributed by atoms with E-state index in [0.717, 1.165) is 25.7 Å². The lowest BCUT2D eigenvalue weighted by molar-refractivity contribution is -0.148. The van der Waals surface area contributed by atoms with E-state index in [1.807, 2.05) is 13.8 Å². The largest absolute Gasteiger partial charge is 0.481 e. The summed E-state index contributed by atoms with van der Waals surface area (Å²) in [6, 6.07) is 0.00903. The van der Waals surface area contributed by atoms with Gasteiger partial charge in [-0.25, -0.2) is 0 Å². The van der Waals surface area contributed by atoms with Crippen LogP contribution in [0.3, 0.4) is 0 Å². The summed E-state index contributed by atoms with van der Waals surface area (Å²) in [7, 11) is -3.53.